The van der Waals surface area contributed by atoms with Crippen LogP contribution in [0.25, 0.3) is 0 Å². The quantitative estimate of drug-likeness (QED) is 0.373. The zero-order valence-electron chi connectivity index (χ0n) is 6.89. The molecule has 0 aliphatic rings. The molecule has 0 saturated carbocycles. The summed E-state index contributed by atoms with van der Waals surface area (Å²) in [6, 6.07) is 0. The molecule has 11 heavy (non-hydrogen) atoms. The monoisotopic (exact) mass is 176 g/mol. The van der Waals surface area contributed by atoms with Gasteiger partial charge in [-0.05, 0) is 19.8 Å². The van der Waals surface area contributed by atoms with Crippen molar-refractivity contribution in [2.24, 2.45) is 0 Å². The van der Waals surface area contributed by atoms with Gasteiger partial charge in [0.05, 0.1) is 7.11 Å². The summed E-state index contributed by atoms with van der Waals surface area (Å²) in [5.74, 6) is 0.337. The van der Waals surface area contributed by atoms with Gasteiger partial charge < -0.3 is 4.74 Å². The van der Waals surface area contributed by atoms with E-state index in [0.717, 1.165) is 18.4 Å². The molecule has 0 aliphatic carbocycles. The van der Waals surface area contributed by atoms with Gasteiger partial charge in [-0.1, -0.05) is 5.57 Å². The number of methoxy groups -OCH3 is 1. The molecule has 3 heteroatoms. The minimum atomic E-state index is -0.294. The summed E-state index contributed by atoms with van der Waals surface area (Å²) >= 11 is 5.47. The molecule has 0 spiro atoms. The van der Waals surface area contributed by atoms with Gasteiger partial charge in [0.2, 0.25) is 0 Å². The molecule has 0 fully saturated rings. The third kappa shape index (κ3) is 5.92. The standard InChI is InChI=1S/C8H13ClO2/c1-7(4-3-5-9)6-8(10)11-2/h6H,3-5H2,1-2H3/b7-6+. The number of halogens is 1. The molecule has 0 aromatic heterocycles. The van der Waals surface area contributed by atoms with E-state index < -0.39 is 0 Å². The molecule has 0 heterocycles. The fourth-order valence-electron chi connectivity index (χ4n) is 0.678. The van der Waals surface area contributed by atoms with Gasteiger partial charge in [0.25, 0.3) is 0 Å². The van der Waals surface area contributed by atoms with Crippen LogP contribution in [0.15, 0.2) is 11.6 Å². The van der Waals surface area contributed by atoms with E-state index in [0.29, 0.717) is 5.88 Å². The summed E-state index contributed by atoms with van der Waals surface area (Å²) in [4.78, 5) is 10.7. The maximum Gasteiger partial charge on any atom is 0.330 e. The Morgan fingerprint density at radius 3 is 2.73 bits per heavy atom. The topological polar surface area (TPSA) is 26.3 Å². The summed E-state index contributed by atoms with van der Waals surface area (Å²) in [5.41, 5.74) is 1.01. The lowest BCUT2D eigenvalue weighted by atomic mass is 10.2. The third-order valence-electron chi connectivity index (χ3n) is 1.27. The van der Waals surface area contributed by atoms with Crippen LogP contribution >= 0.6 is 11.6 Å². The van der Waals surface area contributed by atoms with E-state index in [9.17, 15) is 4.79 Å². The molecule has 0 amide bonds. The van der Waals surface area contributed by atoms with E-state index in [1.165, 1.54) is 13.2 Å². The highest BCUT2D eigenvalue weighted by molar-refractivity contribution is 6.17. The highest BCUT2D eigenvalue weighted by Gasteiger charge is 1.95. The second-order valence-corrected chi connectivity index (χ2v) is 2.68. The number of carbonyl (C=O) groups excluding carboxylic acids is 1. The van der Waals surface area contributed by atoms with Crippen LogP contribution in [0.5, 0.6) is 0 Å². The number of hydrogen-bond donors (Lipinski definition) is 0. The predicted molar refractivity (Wildman–Crippen MR) is 45.7 cm³/mol. The number of alkyl halides is 1. The normalized spacial score (nSPS) is 11.4. The van der Waals surface area contributed by atoms with Crippen LogP contribution in [0.3, 0.4) is 0 Å². The molecule has 0 N–H and O–H groups in total. The fourth-order valence-corrected chi connectivity index (χ4v) is 0.812. The van der Waals surface area contributed by atoms with Gasteiger partial charge in [-0.25, -0.2) is 4.79 Å². The number of ether oxygens (including phenoxy) is 1. The van der Waals surface area contributed by atoms with Crippen LogP contribution in [-0.4, -0.2) is 19.0 Å². The van der Waals surface area contributed by atoms with E-state index in [2.05, 4.69) is 4.74 Å². The first-order chi connectivity index (χ1) is 5.20. The van der Waals surface area contributed by atoms with Gasteiger partial charge in [-0.3, -0.25) is 0 Å². The van der Waals surface area contributed by atoms with Gasteiger partial charge in [0, 0.05) is 12.0 Å². The first-order valence-electron chi connectivity index (χ1n) is 3.51. The van der Waals surface area contributed by atoms with Crippen molar-refractivity contribution >= 4 is 17.6 Å². The number of hydrogen-bond acceptors (Lipinski definition) is 2. The first kappa shape index (κ1) is 10.5. The highest BCUT2D eigenvalue weighted by atomic mass is 35.5. The lowest BCUT2D eigenvalue weighted by molar-refractivity contribution is -0.134. The Kier molecular flexibility index (Phi) is 5.94. The molecule has 2 nitrogen and oxygen atoms in total. The molecule has 0 rings (SSSR count). The summed E-state index contributed by atoms with van der Waals surface area (Å²) in [5, 5.41) is 0. The fraction of sp³-hybridized carbons (Fsp3) is 0.625. The van der Waals surface area contributed by atoms with Crippen LogP contribution in [-0.2, 0) is 9.53 Å². The summed E-state index contributed by atoms with van der Waals surface area (Å²) in [6.45, 7) is 1.89. The number of carbonyl (C=O) groups is 1. The van der Waals surface area contributed by atoms with Gasteiger partial charge in [-0.2, -0.15) is 0 Å². The zero-order chi connectivity index (χ0) is 8.69. The Bertz CT molecular complexity index is 152. The highest BCUT2D eigenvalue weighted by Crippen LogP contribution is 2.04. The first-order valence-corrected chi connectivity index (χ1v) is 4.05. The van der Waals surface area contributed by atoms with Crippen molar-refractivity contribution in [1.82, 2.24) is 0 Å². The molecule has 0 bridgehead atoms. The third-order valence-corrected chi connectivity index (χ3v) is 1.54. The molecule has 0 aromatic carbocycles. The molecule has 64 valence electrons. The summed E-state index contributed by atoms with van der Waals surface area (Å²) in [6.07, 6.45) is 3.26. The lowest BCUT2D eigenvalue weighted by Gasteiger charge is -1.97. The van der Waals surface area contributed by atoms with E-state index in [1.807, 2.05) is 6.92 Å². The Balaban J connectivity index is 3.70. The predicted octanol–water partition coefficient (Wildman–Crippen LogP) is 2.12. The van der Waals surface area contributed by atoms with Crippen molar-refractivity contribution in [1.29, 1.82) is 0 Å². The van der Waals surface area contributed by atoms with E-state index in [1.54, 1.807) is 0 Å². The molecule has 0 aliphatic heterocycles. The molecular weight excluding hydrogens is 164 g/mol. The van der Waals surface area contributed by atoms with Crippen molar-refractivity contribution in [3.8, 4) is 0 Å². The maximum absolute atomic E-state index is 10.7. The minimum absolute atomic E-state index is 0.294. The molecule has 0 saturated heterocycles. The molecule has 0 aromatic rings. The van der Waals surface area contributed by atoms with E-state index >= 15 is 0 Å². The van der Waals surface area contributed by atoms with Crippen LogP contribution in [0.4, 0.5) is 0 Å². The summed E-state index contributed by atoms with van der Waals surface area (Å²) < 4.78 is 4.45. The van der Waals surface area contributed by atoms with Crippen molar-refractivity contribution in [3.63, 3.8) is 0 Å². The van der Waals surface area contributed by atoms with Gasteiger partial charge in [0.1, 0.15) is 0 Å². The van der Waals surface area contributed by atoms with Crippen molar-refractivity contribution in [2.45, 2.75) is 19.8 Å². The Morgan fingerprint density at radius 1 is 1.64 bits per heavy atom. The van der Waals surface area contributed by atoms with Crippen LogP contribution < -0.4 is 0 Å². The molecular formula is C8H13ClO2. The smallest absolute Gasteiger partial charge is 0.330 e. The van der Waals surface area contributed by atoms with Crippen LogP contribution in [0.2, 0.25) is 0 Å². The van der Waals surface area contributed by atoms with Crippen molar-refractivity contribution in [3.05, 3.63) is 11.6 Å². The zero-order valence-corrected chi connectivity index (χ0v) is 7.65. The SMILES string of the molecule is COC(=O)/C=C(\C)CCCCl. The largest absolute Gasteiger partial charge is 0.466 e. The van der Waals surface area contributed by atoms with Crippen molar-refractivity contribution in [2.75, 3.05) is 13.0 Å². The van der Waals surface area contributed by atoms with Crippen LogP contribution in [0, 0.1) is 0 Å². The van der Waals surface area contributed by atoms with Gasteiger partial charge in [0.15, 0.2) is 0 Å². The van der Waals surface area contributed by atoms with Crippen LogP contribution in [0.1, 0.15) is 19.8 Å². The number of rotatable bonds is 4. The Labute approximate surface area is 72.2 Å². The van der Waals surface area contributed by atoms with Crippen molar-refractivity contribution < 1.29 is 9.53 Å². The second-order valence-electron chi connectivity index (χ2n) is 2.31. The maximum atomic E-state index is 10.7. The molecule has 0 radical (unpaired) electrons. The minimum Gasteiger partial charge on any atom is -0.466 e. The van der Waals surface area contributed by atoms with E-state index in [4.69, 9.17) is 11.6 Å². The Morgan fingerprint density at radius 2 is 2.27 bits per heavy atom. The van der Waals surface area contributed by atoms with E-state index in [-0.39, 0.29) is 5.97 Å². The average molecular weight is 177 g/mol. The molecule has 0 atom stereocenters. The lowest BCUT2D eigenvalue weighted by Crippen LogP contribution is -1.96. The second kappa shape index (κ2) is 6.23. The molecule has 0 unspecified atom stereocenters. The Hall–Kier alpha value is -0.500. The van der Waals surface area contributed by atoms with Gasteiger partial charge >= 0.3 is 5.97 Å². The summed E-state index contributed by atoms with van der Waals surface area (Å²) in [7, 11) is 1.37. The number of allylic oxidation sites excluding steroid dienone is 1. The average Bonchev–Trinajstić information content (AvgIpc) is 2.00. The van der Waals surface area contributed by atoms with Gasteiger partial charge in [-0.15, -0.1) is 11.6 Å². The number of esters is 1.